The second kappa shape index (κ2) is 10.1. The van der Waals surface area contributed by atoms with Crippen molar-refractivity contribution in [1.29, 1.82) is 0 Å². The fraction of sp³-hybridized carbons (Fsp3) is 0.630. The predicted molar refractivity (Wildman–Crippen MR) is 143 cm³/mol. The van der Waals surface area contributed by atoms with Crippen LogP contribution in [0.2, 0.25) is 0 Å². The molecule has 0 fully saturated rings. The maximum absolute atomic E-state index is 12.1. The van der Waals surface area contributed by atoms with Crippen molar-refractivity contribution in [2.75, 3.05) is 0 Å². The first kappa shape index (κ1) is 30.9. The van der Waals surface area contributed by atoms with Gasteiger partial charge < -0.3 is 15.7 Å². The zero-order valence-electron chi connectivity index (χ0n) is 24.1. The molecule has 2 heterocycles. The fourth-order valence-electron chi connectivity index (χ4n) is 3.30. The number of hydrogen-bond acceptors (Lipinski definition) is 6. The number of primary amides is 1. The molecule has 0 saturated heterocycles. The van der Waals surface area contributed by atoms with Crippen LogP contribution in [0, 0.1) is 0 Å². The standard InChI is InChI=1S/C14H22N2O2.C13H21N3O2/c1-8(17)9-10(13(2,3)4)15-12(14(5,6)7)16-11(9)18;1-12(2,3)8-7(9(14)17)10(18)16-11(15-8)13(4,5)6/h1-7H3,(H,15,16,18);1-6H3,(H2,14,17)(H,15,16,18). The highest BCUT2D eigenvalue weighted by Crippen LogP contribution is 2.26. The lowest BCUT2D eigenvalue weighted by Crippen LogP contribution is -2.35. The van der Waals surface area contributed by atoms with Crippen molar-refractivity contribution in [3.63, 3.8) is 0 Å². The molecule has 1 amide bonds. The molecule has 0 aliphatic heterocycles. The molecule has 0 atom stereocenters. The second-order valence-electron chi connectivity index (χ2n) is 13.2. The summed E-state index contributed by atoms with van der Waals surface area (Å²) in [6, 6.07) is 0. The molecular formula is C27H43N5O4. The summed E-state index contributed by atoms with van der Waals surface area (Å²) in [6.45, 7) is 24.7. The van der Waals surface area contributed by atoms with Crippen molar-refractivity contribution in [2.24, 2.45) is 5.73 Å². The Morgan fingerprint density at radius 2 is 0.917 bits per heavy atom. The first-order valence-electron chi connectivity index (χ1n) is 12.0. The van der Waals surface area contributed by atoms with Gasteiger partial charge in [-0.1, -0.05) is 83.1 Å². The minimum absolute atomic E-state index is 0.0458. The molecule has 0 unspecified atom stereocenters. The van der Waals surface area contributed by atoms with Crippen LogP contribution in [0.15, 0.2) is 9.59 Å². The van der Waals surface area contributed by atoms with E-state index in [0.29, 0.717) is 23.0 Å². The maximum Gasteiger partial charge on any atom is 0.264 e. The van der Waals surface area contributed by atoms with E-state index in [1.54, 1.807) is 0 Å². The Hall–Kier alpha value is -3.10. The summed E-state index contributed by atoms with van der Waals surface area (Å²) in [7, 11) is 0. The average Bonchev–Trinajstić information content (AvgIpc) is 2.63. The van der Waals surface area contributed by atoms with Crippen molar-refractivity contribution in [3.8, 4) is 0 Å². The van der Waals surface area contributed by atoms with E-state index in [4.69, 9.17) is 5.73 Å². The van der Waals surface area contributed by atoms with Crippen LogP contribution < -0.4 is 16.9 Å². The van der Waals surface area contributed by atoms with Crippen molar-refractivity contribution in [2.45, 2.75) is 112 Å². The van der Waals surface area contributed by atoms with E-state index in [9.17, 15) is 19.2 Å². The van der Waals surface area contributed by atoms with Crippen LogP contribution >= 0.6 is 0 Å². The van der Waals surface area contributed by atoms with Crippen LogP contribution in [-0.2, 0) is 21.7 Å². The van der Waals surface area contributed by atoms with Crippen molar-refractivity contribution < 1.29 is 9.59 Å². The van der Waals surface area contributed by atoms with Crippen LogP contribution in [0.4, 0.5) is 0 Å². The second-order valence-corrected chi connectivity index (χ2v) is 13.2. The molecule has 2 aromatic rings. The van der Waals surface area contributed by atoms with Gasteiger partial charge in [0.25, 0.3) is 17.0 Å². The van der Waals surface area contributed by atoms with Gasteiger partial charge in [-0.05, 0) is 6.92 Å². The summed E-state index contributed by atoms with van der Waals surface area (Å²) in [5, 5.41) is 0. The van der Waals surface area contributed by atoms with Crippen molar-refractivity contribution in [1.82, 2.24) is 19.9 Å². The SMILES string of the molecule is CC(=O)c1c(C(C)(C)C)nc(C(C)(C)C)[nH]c1=O.CC(C)(C)c1nc(C(C)(C)C)c(C(N)=O)c(=O)[nH]1. The smallest absolute Gasteiger partial charge is 0.264 e. The molecule has 9 heteroatoms. The van der Waals surface area contributed by atoms with Gasteiger partial charge in [0.1, 0.15) is 22.8 Å². The number of nitrogens with one attached hydrogen (secondary N) is 2. The Kier molecular flexibility index (Phi) is 8.68. The summed E-state index contributed by atoms with van der Waals surface area (Å²) in [4.78, 5) is 61.5. The molecule has 2 rings (SSSR count). The van der Waals surface area contributed by atoms with Crippen LogP contribution in [0.1, 0.15) is 134 Å². The first-order chi connectivity index (χ1) is 15.9. The van der Waals surface area contributed by atoms with Gasteiger partial charge in [0.15, 0.2) is 5.78 Å². The molecule has 0 saturated carbocycles. The lowest BCUT2D eigenvalue weighted by Gasteiger charge is -2.24. The molecule has 0 aromatic carbocycles. The van der Waals surface area contributed by atoms with E-state index in [1.807, 2.05) is 83.1 Å². The van der Waals surface area contributed by atoms with Crippen molar-refractivity contribution in [3.05, 3.63) is 54.9 Å². The van der Waals surface area contributed by atoms with E-state index < -0.39 is 16.9 Å². The van der Waals surface area contributed by atoms with Gasteiger partial charge in [0.05, 0.1) is 11.4 Å². The average molecular weight is 502 g/mol. The number of nitrogens with two attached hydrogens (primary N) is 1. The number of rotatable bonds is 2. The Morgan fingerprint density at radius 1 is 0.611 bits per heavy atom. The molecule has 0 aliphatic carbocycles. The molecule has 0 spiro atoms. The van der Waals surface area contributed by atoms with Crippen LogP contribution in [0.5, 0.6) is 0 Å². The molecular weight excluding hydrogens is 458 g/mol. The number of aromatic nitrogens is 4. The summed E-state index contributed by atoms with van der Waals surface area (Å²) < 4.78 is 0. The van der Waals surface area contributed by atoms with Crippen LogP contribution in [-0.4, -0.2) is 31.6 Å². The minimum atomic E-state index is -0.742. The first-order valence-corrected chi connectivity index (χ1v) is 12.0. The lowest BCUT2D eigenvalue weighted by atomic mass is 9.86. The zero-order valence-corrected chi connectivity index (χ0v) is 24.1. The lowest BCUT2D eigenvalue weighted by molar-refractivity contribution is 0.0991. The number of ketones is 1. The van der Waals surface area contributed by atoms with Gasteiger partial charge in [-0.3, -0.25) is 19.2 Å². The highest BCUT2D eigenvalue weighted by molar-refractivity contribution is 5.95. The van der Waals surface area contributed by atoms with E-state index >= 15 is 0 Å². The van der Waals surface area contributed by atoms with E-state index in [-0.39, 0.29) is 38.7 Å². The third-order valence-corrected chi connectivity index (χ3v) is 5.28. The Bertz CT molecular complexity index is 1160. The fourth-order valence-corrected chi connectivity index (χ4v) is 3.30. The summed E-state index contributed by atoms with van der Waals surface area (Å²) in [6.07, 6.45) is 0. The monoisotopic (exact) mass is 501 g/mol. The quantitative estimate of drug-likeness (QED) is 0.528. The predicted octanol–water partition coefficient (Wildman–Crippen LogP) is 4.03. The highest BCUT2D eigenvalue weighted by Gasteiger charge is 2.29. The van der Waals surface area contributed by atoms with Gasteiger partial charge in [0, 0.05) is 21.7 Å². The summed E-state index contributed by atoms with van der Waals surface area (Å²) in [5.41, 5.74) is 4.31. The number of amides is 1. The van der Waals surface area contributed by atoms with E-state index in [0.717, 1.165) is 0 Å². The van der Waals surface area contributed by atoms with Crippen molar-refractivity contribution >= 4 is 11.7 Å². The highest BCUT2D eigenvalue weighted by atomic mass is 16.2. The largest absolute Gasteiger partial charge is 0.365 e. The van der Waals surface area contributed by atoms with E-state index in [1.165, 1.54) is 6.92 Å². The molecule has 4 N–H and O–H groups in total. The number of nitrogens with zero attached hydrogens (tertiary/aromatic N) is 2. The Labute approximate surface area is 213 Å². The van der Waals surface area contributed by atoms with E-state index in [2.05, 4.69) is 19.9 Å². The zero-order chi connectivity index (χ0) is 28.6. The third-order valence-electron chi connectivity index (χ3n) is 5.28. The Balaban J connectivity index is 0.000000360. The maximum atomic E-state index is 12.1. The van der Waals surface area contributed by atoms with Gasteiger partial charge in [-0.25, -0.2) is 9.97 Å². The third kappa shape index (κ3) is 7.45. The molecule has 2 aromatic heterocycles. The minimum Gasteiger partial charge on any atom is -0.365 e. The number of carbonyl (C=O) groups is 2. The molecule has 0 bridgehead atoms. The number of hydrogen-bond donors (Lipinski definition) is 3. The number of carbonyl (C=O) groups excluding carboxylic acids is 2. The molecule has 200 valence electrons. The van der Waals surface area contributed by atoms with Crippen LogP contribution in [0.25, 0.3) is 0 Å². The number of H-pyrrole nitrogens is 2. The molecule has 36 heavy (non-hydrogen) atoms. The summed E-state index contributed by atoms with van der Waals surface area (Å²) in [5.74, 6) is 0.188. The van der Waals surface area contributed by atoms with Gasteiger partial charge in [-0.2, -0.15) is 0 Å². The molecule has 9 nitrogen and oxygen atoms in total. The Morgan fingerprint density at radius 3 is 1.17 bits per heavy atom. The number of aromatic amines is 2. The number of Topliss-reactive ketones (excluding diaryl/α,β-unsaturated/α-hetero) is 1. The summed E-state index contributed by atoms with van der Waals surface area (Å²) >= 11 is 0. The molecule has 0 aliphatic rings. The topological polar surface area (TPSA) is 152 Å². The van der Waals surface area contributed by atoms with Crippen LogP contribution in [0.3, 0.4) is 0 Å². The van der Waals surface area contributed by atoms with Gasteiger partial charge >= 0.3 is 0 Å². The normalized spacial score (nSPS) is 12.6. The van der Waals surface area contributed by atoms with Gasteiger partial charge in [-0.15, -0.1) is 0 Å². The molecule has 0 radical (unpaired) electrons. The van der Waals surface area contributed by atoms with Gasteiger partial charge in [0.2, 0.25) is 0 Å².